The van der Waals surface area contributed by atoms with Crippen LogP contribution in [0.15, 0.2) is 24.4 Å². The van der Waals surface area contributed by atoms with Crippen molar-refractivity contribution in [3.8, 4) is 5.75 Å². The van der Waals surface area contributed by atoms with Gasteiger partial charge in [-0.05, 0) is 37.6 Å². The highest BCUT2D eigenvalue weighted by Gasteiger charge is 2.53. The molecule has 148 valence electrons. The van der Waals surface area contributed by atoms with E-state index in [0.717, 1.165) is 6.20 Å². The predicted molar refractivity (Wildman–Crippen MR) is 90.4 cm³/mol. The van der Waals surface area contributed by atoms with Crippen molar-refractivity contribution in [3.63, 3.8) is 0 Å². The summed E-state index contributed by atoms with van der Waals surface area (Å²) in [6.07, 6.45) is -3.77. The number of ether oxygens (including phenoxy) is 3. The van der Waals surface area contributed by atoms with Gasteiger partial charge in [0.25, 0.3) is 0 Å². The minimum Gasteiger partial charge on any atom is -0.497 e. The van der Waals surface area contributed by atoms with Gasteiger partial charge in [-0.3, -0.25) is 9.59 Å². The van der Waals surface area contributed by atoms with E-state index >= 15 is 0 Å². The van der Waals surface area contributed by atoms with Crippen molar-refractivity contribution < 1.29 is 37.0 Å². The number of H-pyrrole nitrogens is 1. The van der Waals surface area contributed by atoms with Gasteiger partial charge in [0.05, 0.1) is 20.3 Å². The fraction of sp³-hybridized carbons (Fsp3) is 0.444. The molecule has 0 saturated heterocycles. The summed E-state index contributed by atoms with van der Waals surface area (Å²) in [6, 6.07) is 4.54. The van der Waals surface area contributed by atoms with Crippen molar-refractivity contribution in [2.45, 2.75) is 25.9 Å². The second kappa shape index (κ2) is 8.32. The number of carbonyl (C=O) groups is 2. The molecule has 1 N–H and O–H groups in total. The fourth-order valence-corrected chi connectivity index (χ4v) is 2.88. The van der Waals surface area contributed by atoms with Crippen LogP contribution in [-0.4, -0.2) is 43.4 Å². The zero-order valence-electron chi connectivity index (χ0n) is 15.1. The lowest BCUT2D eigenvalue weighted by atomic mass is 9.85. The van der Waals surface area contributed by atoms with Crippen LogP contribution in [0.25, 0.3) is 10.9 Å². The molecule has 0 saturated carbocycles. The van der Waals surface area contributed by atoms with E-state index in [4.69, 9.17) is 14.2 Å². The van der Waals surface area contributed by atoms with Gasteiger partial charge in [-0.15, -0.1) is 0 Å². The summed E-state index contributed by atoms with van der Waals surface area (Å²) in [4.78, 5) is 27.2. The van der Waals surface area contributed by atoms with E-state index in [1.807, 2.05) is 0 Å². The molecule has 2 aromatic rings. The SMILES string of the molecule is CCOC(=O)C(C(=O)OCC)[C@H](c1c[nH]c2ccc(OC)cc12)C(F)(F)F. The van der Waals surface area contributed by atoms with Gasteiger partial charge in [-0.2, -0.15) is 13.2 Å². The van der Waals surface area contributed by atoms with Gasteiger partial charge in [0.15, 0.2) is 5.92 Å². The van der Waals surface area contributed by atoms with Gasteiger partial charge in [-0.1, -0.05) is 0 Å². The second-order valence-corrected chi connectivity index (χ2v) is 5.66. The maximum absolute atomic E-state index is 14.0. The molecule has 0 spiro atoms. The number of alkyl halides is 3. The standard InChI is InChI=1S/C18H20F3NO5/c1-4-26-16(23)14(17(24)27-5-2)15(18(19,20)21)12-9-22-13-7-6-10(25-3)8-11(12)13/h6-9,14-15,22H,4-5H2,1-3H3/t15-/m0/s1. The normalized spacial score (nSPS) is 12.9. The van der Waals surface area contributed by atoms with Crippen LogP contribution < -0.4 is 4.74 Å². The monoisotopic (exact) mass is 387 g/mol. The van der Waals surface area contributed by atoms with E-state index in [1.165, 1.54) is 27.0 Å². The van der Waals surface area contributed by atoms with E-state index < -0.39 is 30.0 Å². The molecule has 1 atom stereocenters. The molecule has 0 bridgehead atoms. The number of hydrogen-bond acceptors (Lipinski definition) is 5. The summed E-state index contributed by atoms with van der Waals surface area (Å²) in [6.45, 7) is 2.56. The molecule has 9 heteroatoms. The van der Waals surface area contributed by atoms with Crippen molar-refractivity contribution in [1.82, 2.24) is 4.98 Å². The number of fused-ring (bicyclic) bond motifs is 1. The lowest BCUT2D eigenvalue weighted by Crippen LogP contribution is -2.40. The first-order valence-corrected chi connectivity index (χ1v) is 8.29. The average Bonchev–Trinajstić information content (AvgIpc) is 3.01. The molecule has 0 aliphatic rings. The van der Waals surface area contributed by atoms with Gasteiger partial charge in [0, 0.05) is 17.1 Å². The lowest BCUT2D eigenvalue weighted by Gasteiger charge is -2.26. The topological polar surface area (TPSA) is 77.6 Å². The summed E-state index contributed by atoms with van der Waals surface area (Å²) in [5.41, 5.74) is 0.147. The van der Waals surface area contributed by atoms with Gasteiger partial charge in [0.1, 0.15) is 11.7 Å². The number of esters is 2. The van der Waals surface area contributed by atoms with Crippen LogP contribution in [0.1, 0.15) is 25.3 Å². The first-order chi connectivity index (χ1) is 12.7. The van der Waals surface area contributed by atoms with Crippen LogP contribution >= 0.6 is 0 Å². The highest BCUT2D eigenvalue weighted by atomic mass is 19.4. The Bertz CT molecular complexity index is 797. The third kappa shape index (κ3) is 4.35. The number of benzene rings is 1. The third-order valence-electron chi connectivity index (χ3n) is 4.02. The van der Waals surface area contributed by atoms with Crippen molar-refractivity contribution in [2.24, 2.45) is 5.92 Å². The Kier molecular flexibility index (Phi) is 6.35. The zero-order chi connectivity index (χ0) is 20.2. The third-order valence-corrected chi connectivity index (χ3v) is 4.02. The molecule has 6 nitrogen and oxygen atoms in total. The van der Waals surface area contributed by atoms with Crippen molar-refractivity contribution in [1.29, 1.82) is 0 Å². The number of aromatic amines is 1. The molecule has 0 aliphatic heterocycles. The molecule has 0 radical (unpaired) electrons. The maximum Gasteiger partial charge on any atom is 0.397 e. The van der Waals surface area contributed by atoms with Crippen molar-refractivity contribution >= 4 is 22.8 Å². The van der Waals surface area contributed by atoms with Crippen LogP contribution in [0, 0.1) is 5.92 Å². The summed E-state index contributed by atoms with van der Waals surface area (Å²) in [7, 11) is 1.38. The number of nitrogens with one attached hydrogen (secondary N) is 1. The van der Waals surface area contributed by atoms with Crippen molar-refractivity contribution in [2.75, 3.05) is 20.3 Å². The van der Waals surface area contributed by atoms with Gasteiger partial charge in [-0.25, -0.2) is 0 Å². The molecule has 2 rings (SSSR count). The smallest absolute Gasteiger partial charge is 0.397 e. The Morgan fingerprint density at radius 3 is 2.19 bits per heavy atom. The molecular formula is C18H20F3NO5. The largest absolute Gasteiger partial charge is 0.497 e. The van der Waals surface area contributed by atoms with E-state index in [9.17, 15) is 22.8 Å². The van der Waals surface area contributed by atoms with Crippen LogP contribution in [0.3, 0.4) is 0 Å². The fourth-order valence-electron chi connectivity index (χ4n) is 2.88. The molecule has 27 heavy (non-hydrogen) atoms. The predicted octanol–water partition coefficient (Wildman–Crippen LogP) is 3.56. The Balaban J connectivity index is 2.65. The molecule has 0 amide bonds. The molecule has 0 aliphatic carbocycles. The Labute approximate surface area is 153 Å². The van der Waals surface area contributed by atoms with E-state index in [1.54, 1.807) is 12.1 Å². The van der Waals surface area contributed by atoms with E-state index in [0.29, 0.717) is 11.3 Å². The Morgan fingerprint density at radius 1 is 1.11 bits per heavy atom. The minimum atomic E-state index is -4.90. The first kappa shape index (κ1) is 20.6. The second-order valence-electron chi connectivity index (χ2n) is 5.66. The quantitative estimate of drug-likeness (QED) is 0.581. The lowest BCUT2D eigenvalue weighted by molar-refractivity contribution is -0.188. The summed E-state index contributed by atoms with van der Waals surface area (Å²) in [5.74, 6) is -6.83. The van der Waals surface area contributed by atoms with Gasteiger partial charge >= 0.3 is 18.1 Å². The number of halogens is 3. The number of hydrogen-bond donors (Lipinski definition) is 1. The molecule has 0 fully saturated rings. The molecular weight excluding hydrogens is 367 g/mol. The van der Waals surface area contributed by atoms with Gasteiger partial charge < -0.3 is 19.2 Å². The molecule has 1 aromatic carbocycles. The highest BCUT2D eigenvalue weighted by molar-refractivity contribution is 5.97. The van der Waals surface area contributed by atoms with Crippen molar-refractivity contribution in [3.05, 3.63) is 30.0 Å². The highest BCUT2D eigenvalue weighted by Crippen LogP contribution is 2.44. The van der Waals surface area contributed by atoms with Gasteiger partial charge in [0.2, 0.25) is 0 Å². The maximum atomic E-state index is 14.0. The van der Waals surface area contributed by atoms with E-state index in [2.05, 4.69) is 4.98 Å². The van der Waals surface area contributed by atoms with Crippen LogP contribution in [-0.2, 0) is 19.1 Å². The van der Waals surface area contributed by atoms with Crippen LogP contribution in [0.4, 0.5) is 13.2 Å². The molecule has 0 unspecified atom stereocenters. The number of aromatic nitrogens is 1. The first-order valence-electron chi connectivity index (χ1n) is 8.29. The van der Waals surface area contributed by atoms with Crippen LogP contribution in [0.2, 0.25) is 0 Å². The minimum absolute atomic E-state index is 0.166. The number of methoxy groups -OCH3 is 1. The average molecular weight is 387 g/mol. The summed E-state index contributed by atoms with van der Waals surface area (Å²) >= 11 is 0. The zero-order valence-corrected chi connectivity index (χ0v) is 15.1. The Hall–Kier alpha value is -2.71. The number of rotatable bonds is 7. The molecule has 1 aromatic heterocycles. The van der Waals surface area contributed by atoms with E-state index in [-0.39, 0.29) is 24.2 Å². The molecule has 1 heterocycles. The Morgan fingerprint density at radius 2 is 1.70 bits per heavy atom. The van der Waals surface area contributed by atoms with Crippen LogP contribution in [0.5, 0.6) is 5.75 Å². The summed E-state index contributed by atoms with van der Waals surface area (Å²) in [5, 5.41) is 0.190. The number of carbonyl (C=O) groups excluding carboxylic acids is 2. The summed E-state index contributed by atoms with van der Waals surface area (Å²) < 4.78 is 56.5.